The van der Waals surface area contributed by atoms with Gasteiger partial charge in [0.1, 0.15) is 0 Å². The summed E-state index contributed by atoms with van der Waals surface area (Å²) in [7, 11) is 0. The number of hydrogen-bond donors (Lipinski definition) is 1. The molecule has 0 spiro atoms. The Balaban J connectivity index is 2.19. The first kappa shape index (κ1) is 13.8. The van der Waals surface area contributed by atoms with Gasteiger partial charge in [-0.15, -0.1) is 6.58 Å². The summed E-state index contributed by atoms with van der Waals surface area (Å²) in [6, 6.07) is 0. The van der Waals surface area contributed by atoms with Crippen LogP contribution in [0.15, 0.2) is 12.7 Å². The highest BCUT2D eigenvalue weighted by Crippen LogP contribution is 2.45. The number of unbranched alkanes of at least 4 members (excludes halogenated alkanes) is 3. The van der Waals surface area contributed by atoms with Gasteiger partial charge in [-0.05, 0) is 43.4 Å². The van der Waals surface area contributed by atoms with Crippen LogP contribution in [0.25, 0.3) is 0 Å². The van der Waals surface area contributed by atoms with Crippen LogP contribution in [0.3, 0.4) is 0 Å². The second kappa shape index (κ2) is 6.44. The summed E-state index contributed by atoms with van der Waals surface area (Å²) in [5, 5.41) is 10.2. The Morgan fingerprint density at radius 2 is 2.12 bits per heavy atom. The monoisotopic (exact) mass is 224 g/mol. The van der Waals surface area contributed by atoms with E-state index in [4.69, 9.17) is 0 Å². The zero-order valence-electron chi connectivity index (χ0n) is 11.0. The van der Waals surface area contributed by atoms with Crippen LogP contribution in [0.1, 0.15) is 65.2 Å². The van der Waals surface area contributed by atoms with E-state index < -0.39 is 0 Å². The fraction of sp³-hybridized carbons (Fsp3) is 0.867. The molecule has 1 nitrogen and oxygen atoms in total. The van der Waals surface area contributed by atoms with Gasteiger partial charge in [0.05, 0.1) is 6.10 Å². The molecule has 1 rings (SSSR count). The van der Waals surface area contributed by atoms with Crippen molar-refractivity contribution in [1.82, 2.24) is 0 Å². The summed E-state index contributed by atoms with van der Waals surface area (Å²) in [4.78, 5) is 0. The molecule has 94 valence electrons. The van der Waals surface area contributed by atoms with Crippen molar-refractivity contribution in [3.8, 4) is 0 Å². The van der Waals surface area contributed by atoms with E-state index in [9.17, 15) is 5.11 Å². The summed E-state index contributed by atoms with van der Waals surface area (Å²) in [5.74, 6) is 0.534. The van der Waals surface area contributed by atoms with Crippen LogP contribution in [-0.4, -0.2) is 11.2 Å². The van der Waals surface area contributed by atoms with Crippen molar-refractivity contribution >= 4 is 0 Å². The molecule has 0 aromatic carbocycles. The number of aliphatic hydroxyl groups excluding tert-OH is 1. The second-order valence-electron chi connectivity index (χ2n) is 5.98. The predicted molar refractivity (Wildman–Crippen MR) is 70.4 cm³/mol. The predicted octanol–water partition coefficient (Wildman–Crippen LogP) is 4.31. The van der Waals surface area contributed by atoms with E-state index in [1.807, 2.05) is 6.08 Å². The van der Waals surface area contributed by atoms with Gasteiger partial charge in [-0.25, -0.2) is 0 Å². The van der Waals surface area contributed by atoms with E-state index in [1.165, 1.54) is 38.5 Å². The van der Waals surface area contributed by atoms with Gasteiger partial charge in [-0.3, -0.25) is 0 Å². The van der Waals surface area contributed by atoms with Gasteiger partial charge in [0.25, 0.3) is 0 Å². The van der Waals surface area contributed by atoms with Gasteiger partial charge in [-0.1, -0.05) is 39.2 Å². The Morgan fingerprint density at radius 3 is 2.69 bits per heavy atom. The first-order chi connectivity index (χ1) is 7.58. The summed E-state index contributed by atoms with van der Waals surface area (Å²) in [6.45, 7) is 8.35. The topological polar surface area (TPSA) is 20.2 Å². The Bertz CT molecular complexity index is 207. The van der Waals surface area contributed by atoms with Crippen LogP contribution in [0.5, 0.6) is 0 Å². The van der Waals surface area contributed by atoms with Crippen molar-refractivity contribution in [2.45, 2.75) is 71.3 Å². The lowest BCUT2D eigenvalue weighted by molar-refractivity contribution is 0.0456. The maximum atomic E-state index is 10.2. The molecule has 0 saturated heterocycles. The maximum Gasteiger partial charge on any atom is 0.0573 e. The normalized spacial score (nSPS) is 25.6. The van der Waals surface area contributed by atoms with Crippen LogP contribution >= 0.6 is 0 Å². The van der Waals surface area contributed by atoms with E-state index in [1.54, 1.807) is 0 Å². The van der Waals surface area contributed by atoms with Crippen LogP contribution in [-0.2, 0) is 0 Å². The van der Waals surface area contributed by atoms with E-state index in [0.29, 0.717) is 11.3 Å². The first-order valence-corrected chi connectivity index (χ1v) is 6.87. The smallest absolute Gasteiger partial charge is 0.0573 e. The average molecular weight is 224 g/mol. The molecule has 0 aromatic heterocycles. The zero-order valence-corrected chi connectivity index (χ0v) is 11.0. The molecule has 1 saturated carbocycles. The van der Waals surface area contributed by atoms with Gasteiger partial charge >= 0.3 is 0 Å². The SMILES string of the molecule is C=CCCCCCC(O)C1CCCC1(C)C. The van der Waals surface area contributed by atoms with Crippen LogP contribution in [0.2, 0.25) is 0 Å². The summed E-state index contributed by atoms with van der Waals surface area (Å²) in [6.07, 6.45) is 11.5. The minimum atomic E-state index is -0.0683. The molecular formula is C15H28O. The van der Waals surface area contributed by atoms with E-state index in [2.05, 4.69) is 20.4 Å². The Morgan fingerprint density at radius 1 is 1.38 bits per heavy atom. The molecule has 1 aliphatic rings. The highest BCUT2D eigenvalue weighted by atomic mass is 16.3. The molecular weight excluding hydrogens is 196 g/mol. The van der Waals surface area contributed by atoms with E-state index in [0.717, 1.165) is 12.8 Å². The lowest BCUT2D eigenvalue weighted by Gasteiger charge is -2.31. The van der Waals surface area contributed by atoms with E-state index >= 15 is 0 Å². The van der Waals surface area contributed by atoms with Crippen molar-refractivity contribution < 1.29 is 5.11 Å². The average Bonchev–Trinajstić information content (AvgIpc) is 2.57. The molecule has 0 bridgehead atoms. The summed E-state index contributed by atoms with van der Waals surface area (Å²) >= 11 is 0. The van der Waals surface area contributed by atoms with Crippen molar-refractivity contribution in [2.75, 3.05) is 0 Å². The van der Waals surface area contributed by atoms with Crippen LogP contribution in [0.4, 0.5) is 0 Å². The number of allylic oxidation sites excluding steroid dienone is 1. The van der Waals surface area contributed by atoms with Crippen LogP contribution in [0, 0.1) is 11.3 Å². The van der Waals surface area contributed by atoms with E-state index in [-0.39, 0.29) is 6.10 Å². The quantitative estimate of drug-likeness (QED) is 0.504. The lowest BCUT2D eigenvalue weighted by Crippen LogP contribution is -2.29. The maximum absolute atomic E-state index is 10.2. The molecule has 0 radical (unpaired) electrons. The Labute approximate surface area is 101 Å². The lowest BCUT2D eigenvalue weighted by atomic mass is 9.77. The summed E-state index contributed by atoms with van der Waals surface area (Å²) < 4.78 is 0. The largest absolute Gasteiger partial charge is 0.393 e. The molecule has 1 aliphatic carbocycles. The molecule has 0 heterocycles. The molecule has 0 aromatic rings. The standard InChI is InChI=1S/C15H28O/c1-4-5-6-7-8-11-14(16)13-10-9-12-15(13,2)3/h4,13-14,16H,1,5-12H2,2-3H3. The molecule has 2 unspecified atom stereocenters. The number of aliphatic hydroxyl groups is 1. The minimum Gasteiger partial charge on any atom is -0.393 e. The van der Waals surface area contributed by atoms with Crippen molar-refractivity contribution in [1.29, 1.82) is 0 Å². The molecule has 16 heavy (non-hydrogen) atoms. The molecule has 1 fully saturated rings. The third-order valence-corrected chi connectivity index (χ3v) is 4.21. The van der Waals surface area contributed by atoms with Gasteiger partial charge < -0.3 is 5.11 Å². The molecule has 2 atom stereocenters. The Kier molecular flexibility index (Phi) is 5.54. The third-order valence-electron chi connectivity index (χ3n) is 4.21. The summed E-state index contributed by atoms with van der Waals surface area (Å²) in [5.41, 5.74) is 0.362. The second-order valence-corrected chi connectivity index (χ2v) is 5.98. The zero-order chi connectivity index (χ0) is 12.0. The van der Waals surface area contributed by atoms with Crippen molar-refractivity contribution in [2.24, 2.45) is 11.3 Å². The molecule has 1 N–H and O–H groups in total. The fourth-order valence-corrected chi connectivity index (χ4v) is 3.09. The Hall–Kier alpha value is -0.300. The van der Waals surface area contributed by atoms with Gasteiger partial charge in [0, 0.05) is 0 Å². The first-order valence-electron chi connectivity index (χ1n) is 6.87. The van der Waals surface area contributed by atoms with Gasteiger partial charge in [0.15, 0.2) is 0 Å². The molecule has 1 heteroatoms. The van der Waals surface area contributed by atoms with Gasteiger partial charge in [-0.2, -0.15) is 0 Å². The highest BCUT2D eigenvalue weighted by molar-refractivity contribution is 4.88. The third kappa shape index (κ3) is 3.93. The number of rotatable bonds is 7. The van der Waals surface area contributed by atoms with Crippen molar-refractivity contribution in [3.05, 3.63) is 12.7 Å². The minimum absolute atomic E-state index is 0.0683. The van der Waals surface area contributed by atoms with Crippen molar-refractivity contribution in [3.63, 3.8) is 0 Å². The number of hydrogen-bond acceptors (Lipinski definition) is 1. The fourth-order valence-electron chi connectivity index (χ4n) is 3.09. The molecule has 0 amide bonds. The van der Waals surface area contributed by atoms with Crippen LogP contribution < -0.4 is 0 Å². The molecule has 0 aliphatic heterocycles. The van der Waals surface area contributed by atoms with Gasteiger partial charge in [0.2, 0.25) is 0 Å². The highest BCUT2D eigenvalue weighted by Gasteiger charge is 2.38.